The van der Waals surface area contributed by atoms with Crippen molar-refractivity contribution in [2.24, 2.45) is 5.92 Å². The molecule has 264 valence electrons. The maximum Gasteiger partial charge on any atom is 1.00 e. The molecule has 3 aliphatic heterocycles. The molecule has 1 amide bonds. The molecule has 0 radical (unpaired) electrons. The number of anilines is 2. The minimum Gasteiger partial charge on any atom is -0.756 e. The Bertz CT molecular complexity index is 2150. The Labute approximate surface area is 301 Å². The zero-order valence-electron chi connectivity index (χ0n) is 26.3. The van der Waals surface area contributed by atoms with Crippen LogP contribution in [0.25, 0.3) is 22.3 Å². The summed E-state index contributed by atoms with van der Waals surface area (Å²) in [6.45, 7) is 1.79. The Kier molecular flexibility index (Phi) is 10.1. The second-order valence-corrected chi connectivity index (χ2v) is 14.2. The number of aromatic nitrogens is 9. The predicted molar refractivity (Wildman–Crippen MR) is 157 cm³/mol. The van der Waals surface area contributed by atoms with Crippen LogP contribution in [0.2, 0.25) is 0 Å². The van der Waals surface area contributed by atoms with Crippen LogP contribution < -0.4 is 55.8 Å². The Balaban J connectivity index is 0.00000432. The Morgan fingerprint density at radius 1 is 1.18 bits per heavy atom. The number of carbonyl (C=O) groups excluding carboxylic acids is 1. The average Bonchev–Trinajstić information content (AvgIpc) is 3.80. The third kappa shape index (κ3) is 7.05. The number of phosphoric acid groups is 1. The number of fused-ring (bicyclic) bond motifs is 5. The van der Waals surface area contributed by atoms with Gasteiger partial charge in [0, 0.05) is 18.9 Å². The number of halogens is 1. The first-order valence-electron chi connectivity index (χ1n) is 14.6. The number of aromatic amines is 1. The zero-order chi connectivity index (χ0) is 34.8. The van der Waals surface area contributed by atoms with Gasteiger partial charge in [0.1, 0.15) is 30.2 Å². The number of nitrogen functional groups attached to an aromatic ring is 1. The van der Waals surface area contributed by atoms with Gasteiger partial charge < -0.3 is 29.1 Å². The fraction of sp³-hybridized carbons (Fsp3) is 0.565. The van der Waals surface area contributed by atoms with Crippen LogP contribution in [0.3, 0.4) is 0 Å². The normalized spacial score (nSPS) is 31.4. The topological polar surface area (TPSA) is 308 Å². The molecular weight excluding hydrogens is 725 g/mol. The molecule has 3 aliphatic rings. The predicted octanol–water partition coefficient (Wildman–Crippen LogP) is -4.84. The summed E-state index contributed by atoms with van der Waals surface area (Å²) in [6, 6.07) is 0. The van der Waals surface area contributed by atoms with Crippen molar-refractivity contribution in [3.63, 3.8) is 0 Å². The van der Waals surface area contributed by atoms with E-state index in [4.69, 9.17) is 28.4 Å². The molecule has 3 fully saturated rings. The molecule has 8 atom stereocenters. The van der Waals surface area contributed by atoms with Crippen molar-refractivity contribution in [3.8, 4) is 0 Å². The number of hydrogen-bond donors (Lipinski definition) is 4. The number of nitrogens with zero attached hydrogens (tertiary/aromatic N) is 8. The zero-order valence-corrected chi connectivity index (χ0v) is 30.0. The van der Waals surface area contributed by atoms with Crippen LogP contribution in [0.1, 0.15) is 32.7 Å². The largest absolute Gasteiger partial charge is 1.00 e. The Hall–Kier alpha value is -3.07. The maximum absolute atomic E-state index is 15.9. The number of H-pyrrole nitrogens is 1. The Morgan fingerprint density at radius 2 is 1.96 bits per heavy atom. The number of nitrogens with two attached hydrogens (primary N) is 1. The third-order valence-corrected chi connectivity index (χ3v) is 9.78. The molecule has 0 aromatic carbocycles. The molecule has 0 aliphatic carbocycles. The number of imidazole rings is 1. The second kappa shape index (κ2) is 13.8. The average molecular weight is 753 g/mol. The first-order chi connectivity index (χ1) is 23.2. The molecule has 5 N–H and O–H groups in total. The van der Waals surface area contributed by atoms with Crippen LogP contribution in [0.5, 0.6) is 0 Å². The first kappa shape index (κ1) is 36.7. The number of rotatable bonds is 4. The van der Waals surface area contributed by atoms with Gasteiger partial charge in [-0.3, -0.25) is 29.0 Å². The van der Waals surface area contributed by atoms with Crippen LogP contribution in [-0.4, -0.2) is 103 Å². The van der Waals surface area contributed by atoms with Gasteiger partial charge in [-0.05, 0) is 0 Å². The summed E-state index contributed by atoms with van der Waals surface area (Å²) in [6.07, 6.45) is -9.26. The van der Waals surface area contributed by atoms with Crippen LogP contribution in [-0.2, 0) is 42.4 Å². The van der Waals surface area contributed by atoms with E-state index < -0.39 is 91.7 Å². The van der Waals surface area contributed by atoms with Gasteiger partial charge in [-0.15, -0.1) is 5.10 Å². The SMILES string of the molecule is CC(C)C(=O)Nc1nc2c(nnn2[C@@H]2O[C@@H]3COP(=O)([O-])O[C@H]4[C@H](F)[C@H](n5cnc6c(N)ncnc65)O[C@@H]4CNS(=O)(=O)O[C@@H]2C3)c(=O)[nH]1.[Na+]. The molecule has 7 rings (SSSR count). The summed E-state index contributed by atoms with van der Waals surface area (Å²) in [5.41, 5.74) is 4.72. The van der Waals surface area contributed by atoms with E-state index in [1.165, 1.54) is 0 Å². The van der Waals surface area contributed by atoms with Crippen molar-refractivity contribution in [3.05, 3.63) is 23.0 Å². The third-order valence-electron chi connectivity index (χ3n) is 7.80. The van der Waals surface area contributed by atoms with E-state index >= 15 is 4.39 Å². The molecule has 4 aromatic rings. The van der Waals surface area contributed by atoms with E-state index in [-0.39, 0.29) is 70.1 Å². The molecule has 4 aromatic heterocycles. The minimum absolute atomic E-state index is 0. The molecular formula is C23H27FN12NaO11PS. The van der Waals surface area contributed by atoms with Crippen LogP contribution >= 0.6 is 7.82 Å². The van der Waals surface area contributed by atoms with E-state index in [1.54, 1.807) is 13.8 Å². The summed E-state index contributed by atoms with van der Waals surface area (Å²) in [4.78, 5) is 56.3. The first-order valence-corrected chi connectivity index (χ1v) is 17.4. The van der Waals surface area contributed by atoms with Gasteiger partial charge in [0.15, 0.2) is 41.3 Å². The van der Waals surface area contributed by atoms with Crippen LogP contribution in [0.4, 0.5) is 16.2 Å². The molecule has 27 heteroatoms. The van der Waals surface area contributed by atoms with Crippen LogP contribution in [0.15, 0.2) is 17.4 Å². The van der Waals surface area contributed by atoms with E-state index in [9.17, 15) is 27.5 Å². The van der Waals surface area contributed by atoms with E-state index in [0.717, 1.165) is 21.9 Å². The number of alkyl halides is 1. The van der Waals surface area contributed by atoms with Gasteiger partial charge in [0.25, 0.3) is 13.4 Å². The number of hydrogen-bond acceptors (Lipinski definition) is 18. The molecule has 7 heterocycles. The van der Waals surface area contributed by atoms with Crippen molar-refractivity contribution < 1.29 is 79.3 Å². The number of amides is 1. The monoisotopic (exact) mass is 752 g/mol. The van der Waals surface area contributed by atoms with E-state index in [2.05, 4.69) is 45.3 Å². The molecule has 0 spiro atoms. The molecule has 3 saturated heterocycles. The molecule has 2 bridgehead atoms. The summed E-state index contributed by atoms with van der Waals surface area (Å²) < 4.78 is 86.7. The summed E-state index contributed by atoms with van der Waals surface area (Å²) >= 11 is 0. The molecule has 23 nitrogen and oxygen atoms in total. The smallest absolute Gasteiger partial charge is 0.756 e. The van der Waals surface area contributed by atoms with Gasteiger partial charge >= 0.3 is 39.9 Å². The number of nitrogens with one attached hydrogen (secondary N) is 3. The van der Waals surface area contributed by atoms with Crippen molar-refractivity contribution in [1.82, 2.24) is 49.2 Å². The van der Waals surface area contributed by atoms with Crippen molar-refractivity contribution >= 4 is 58.1 Å². The van der Waals surface area contributed by atoms with Crippen molar-refractivity contribution in [1.29, 1.82) is 0 Å². The van der Waals surface area contributed by atoms with Crippen molar-refractivity contribution in [2.45, 2.75) is 63.3 Å². The van der Waals surface area contributed by atoms with Crippen molar-refractivity contribution in [2.75, 3.05) is 24.2 Å². The van der Waals surface area contributed by atoms with Gasteiger partial charge in [-0.25, -0.2) is 23.5 Å². The fourth-order valence-corrected chi connectivity index (χ4v) is 7.35. The second-order valence-electron chi connectivity index (χ2n) is 11.5. The van der Waals surface area contributed by atoms with Crippen LogP contribution in [0, 0.1) is 5.92 Å². The number of phosphoric ester groups is 1. The Morgan fingerprint density at radius 3 is 2.72 bits per heavy atom. The van der Waals surface area contributed by atoms with Gasteiger partial charge in [0.05, 0.1) is 19.0 Å². The maximum atomic E-state index is 15.9. The van der Waals surface area contributed by atoms with Gasteiger partial charge in [0.2, 0.25) is 11.9 Å². The van der Waals surface area contributed by atoms with E-state index in [0.29, 0.717) is 0 Å². The number of ether oxygens (including phenoxy) is 2. The summed E-state index contributed by atoms with van der Waals surface area (Å²) in [5.74, 6) is -1.17. The quantitative estimate of drug-likeness (QED) is 0.112. The summed E-state index contributed by atoms with van der Waals surface area (Å²) in [5, 5.41) is 10.1. The van der Waals surface area contributed by atoms with E-state index in [1.807, 2.05) is 0 Å². The van der Waals surface area contributed by atoms with Gasteiger partial charge in [-0.1, -0.05) is 19.1 Å². The summed E-state index contributed by atoms with van der Waals surface area (Å²) in [7, 11) is -10.0. The molecule has 0 saturated carbocycles. The van der Waals surface area contributed by atoms with Gasteiger partial charge in [-0.2, -0.15) is 22.8 Å². The standard InChI is InChI=1S/C23H28FN12O11PS.Na/c1-8(2)19(37)31-23-30-18-14(20(38)32-23)33-34-36(18)21-10-3-9(44-21)5-43-48(39,40)46-15-11(4-29-49(41,42)47-10)45-22(12(15)24)35-7-28-13-16(25)26-6-27-17(13)35;/h6-12,15,21-22,29H,3-5H2,1-2H3,(H,39,40)(H2,25,26,27)(H2,30,31,32,37,38);/q;+1/p-1/t9-,10+,11+,12-,15+,21+,22+;/m0./s1. The molecule has 1 unspecified atom stereocenters. The number of carbonyl (C=O) groups is 1. The molecule has 50 heavy (non-hydrogen) atoms. The minimum atomic E-state index is -5.31. The fourth-order valence-electron chi connectivity index (χ4n) is 5.46.